The van der Waals surface area contributed by atoms with Crippen molar-refractivity contribution >= 4 is 15.9 Å². The zero-order valence-electron chi connectivity index (χ0n) is 7.34. The number of hydrogen-bond acceptors (Lipinski definition) is 1. The first-order chi connectivity index (χ1) is 5.65. The van der Waals surface area contributed by atoms with Gasteiger partial charge in [0, 0.05) is 4.47 Å². The van der Waals surface area contributed by atoms with Gasteiger partial charge in [-0.2, -0.15) is 0 Å². The molecule has 0 spiro atoms. The Hall–Kier alpha value is -0.340. The Morgan fingerprint density at radius 3 is 2.50 bits per heavy atom. The molecule has 0 atom stereocenters. The molecule has 1 N–H and O–H groups in total. The van der Waals surface area contributed by atoms with Gasteiger partial charge in [-0.05, 0) is 23.1 Å². The Balaban J connectivity index is 3.02. The van der Waals surface area contributed by atoms with Crippen LogP contribution in [0.3, 0.4) is 0 Å². The second-order valence-electron chi connectivity index (χ2n) is 3.16. The molecule has 1 nitrogen and oxygen atoms in total. The van der Waals surface area contributed by atoms with Crippen molar-refractivity contribution < 1.29 is 5.11 Å². The fraction of sp³-hybridized carbons (Fsp3) is 0.400. The van der Waals surface area contributed by atoms with E-state index in [1.54, 1.807) is 0 Å². The van der Waals surface area contributed by atoms with E-state index in [4.69, 9.17) is 5.11 Å². The van der Waals surface area contributed by atoms with Crippen LogP contribution in [0.5, 0.6) is 0 Å². The molecule has 1 aromatic carbocycles. The summed E-state index contributed by atoms with van der Waals surface area (Å²) in [7, 11) is 0. The summed E-state index contributed by atoms with van der Waals surface area (Å²) in [6.07, 6.45) is 0. The zero-order valence-corrected chi connectivity index (χ0v) is 8.93. The van der Waals surface area contributed by atoms with Crippen molar-refractivity contribution in [3.63, 3.8) is 0 Å². The number of rotatable bonds is 2. The maximum Gasteiger partial charge on any atom is 0.0692 e. The van der Waals surface area contributed by atoms with Crippen molar-refractivity contribution in [2.45, 2.75) is 26.4 Å². The Kier molecular flexibility index (Phi) is 3.29. The molecule has 12 heavy (non-hydrogen) atoms. The van der Waals surface area contributed by atoms with Crippen molar-refractivity contribution in [3.8, 4) is 0 Å². The molecule has 1 rings (SSSR count). The van der Waals surface area contributed by atoms with E-state index in [0.717, 1.165) is 10.0 Å². The highest BCUT2D eigenvalue weighted by atomic mass is 79.9. The first-order valence-corrected chi connectivity index (χ1v) is 4.83. The topological polar surface area (TPSA) is 20.2 Å². The molecular formula is C10H13BrO. The Morgan fingerprint density at radius 2 is 2.08 bits per heavy atom. The normalized spacial score (nSPS) is 10.8. The fourth-order valence-electron chi connectivity index (χ4n) is 1.05. The lowest BCUT2D eigenvalue weighted by Crippen LogP contribution is -1.90. The van der Waals surface area contributed by atoms with Gasteiger partial charge >= 0.3 is 0 Å². The largest absolute Gasteiger partial charge is 0.392 e. The van der Waals surface area contributed by atoms with Crippen molar-refractivity contribution in [2.24, 2.45) is 0 Å². The van der Waals surface area contributed by atoms with E-state index < -0.39 is 0 Å². The molecule has 0 saturated heterocycles. The molecule has 0 bridgehead atoms. The van der Waals surface area contributed by atoms with E-state index in [1.165, 1.54) is 5.56 Å². The molecular weight excluding hydrogens is 216 g/mol. The quantitative estimate of drug-likeness (QED) is 0.826. The first kappa shape index (κ1) is 9.75. The smallest absolute Gasteiger partial charge is 0.0692 e. The third-order valence-electron chi connectivity index (χ3n) is 1.91. The van der Waals surface area contributed by atoms with Gasteiger partial charge in [0.1, 0.15) is 0 Å². The molecule has 66 valence electrons. The Bertz CT molecular complexity index is 269. The van der Waals surface area contributed by atoms with Crippen LogP contribution >= 0.6 is 15.9 Å². The molecule has 0 aliphatic carbocycles. The van der Waals surface area contributed by atoms with Crippen LogP contribution in [0.1, 0.15) is 30.9 Å². The molecule has 1 aromatic rings. The van der Waals surface area contributed by atoms with E-state index in [1.807, 2.05) is 6.07 Å². The number of halogens is 1. The van der Waals surface area contributed by atoms with Crippen LogP contribution in [0.15, 0.2) is 22.7 Å². The number of aliphatic hydroxyl groups is 1. The van der Waals surface area contributed by atoms with Gasteiger partial charge in [-0.25, -0.2) is 0 Å². The van der Waals surface area contributed by atoms with Crippen molar-refractivity contribution in [2.75, 3.05) is 0 Å². The second-order valence-corrected chi connectivity index (χ2v) is 4.02. The fourth-order valence-corrected chi connectivity index (χ4v) is 1.57. The molecule has 0 aliphatic rings. The Labute approximate surface area is 81.6 Å². The molecule has 0 heterocycles. The van der Waals surface area contributed by atoms with E-state index in [9.17, 15) is 0 Å². The van der Waals surface area contributed by atoms with Crippen LogP contribution in [0.25, 0.3) is 0 Å². The highest BCUT2D eigenvalue weighted by Gasteiger charge is 2.02. The van der Waals surface area contributed by atoms with Crippen molar-refractivity contribution in [3.05, 3.63) is 33.8 Å². The SMILES string of the molecule is CC(C)c1ccc(CO)c(Br)c1. The highest BCUT2D eigenvalue weighted by molar-refractivity contribution is 9.10. The zero-order chi connectivity index (χ0) is 9.14. The van der Waals surface area contributed by atoms with E-state index in [0.29, 0.717) is 5.92 Å². The maximum atomic E-state index is 8.92. The molecule has 0 aliphatic heterocycles. The van der Waals surface area contributed by atoms with Crippen LogP contribution in [-0.4, -0.2) is 5.11 Å². The summed E-state index contributed by atoms with van der Waals surface area (Å²) in [5.74, 6) is 0.536. The lowest BCUT2D eigenvalue weighted by atomic mass is 10.0. The lowest BCUT2D eigenvalue weighted by Gasteiger charge is -2.07. The van der Waals surface area contributed by atoms with Crippen LogP contribution in [-0.2, 0) is 6.61 Å². The molecule has 0 fully saturated rings. The molecule has 2 heteroatoms. The van der Waals surface area contributed by atoms with E-state index in [2.05, 4.69) is 41.9 Å². The molecule has 0 unspecified atom stereocenters. The summed E-state index contributed by atoms with van der Waals surface area (Å²) in [6, 6.07) is 6.08. The predicted molar refractivity (Wildman–Crippen MR) is 54.2 cm³/mol. The predicted octanol–water partition coefficient (Wildman–Crippen LogP) is 3.06. The lowest BCUT2D eigenvalue weighted by molar-refractivity contribution is 0.281. The van der Waals surface area contributed by atoms with E-state index in [-0.39, 0.29) is 6.61 Å². The van der Waals surface area contributed by atoms with Crippen LogP contribution in [0, 0.1) is 0 Å². The summed E-state index contributed by atoms with van der Waals surface area (Å²) in [4.78, 5) is 0. The van der Waals surface area contributed by atoms with Crippen LogP contribution in [0.4, 0.5) is 0 Å². The summed E-state index contributed by atoms with van der Waals surface area (Å²) in [5.41, 5.74) is 2.23. The van der Waals surface area contributed by atoms with Gasteiger partial charge in [0.25, 0.3) is 0 Å². The minimum atomic E-state index is 0.0962. The summed E-state index contributed by atoms with van der Waals surface area (Å²) < 4.78 is 0.996. The highest BCUT2D eigenvalue weighted by Crippen LogP contribution is 2.22. The van der Waals surface area contributed by atoms with Gasteiger partial charge < -0.3 is 5.11 Å². The number of benzene rings is 1. The molecule has 0 saturated carbocycles. The third-order valence-corrected chi connectivity index (χ3v) is 2.65. The summed E-state index contributed by atoms with van der Waals surface area (Å²) in [5, 5.41) is 8.92. The van der Waals surface area contributed by atoms with Crippen LogP contribution < -0.4 is 0 Å². The minimum absolute atomic E-state index is 0.0962. The number of hydrogen-bond donors (Lipinski definition) is 1. The first-order valence-electron chi connectivity index (χ1n) is 4.04. The van der Waals surface area contributed by atoms with Gasteiger partial charge in [-0.15, -0.1) is 0 Å². The summed E-state index contributed by atoms with van der Waals surface area (Å²) in [6.45, 7) is 4.40. The van der Waals surface area contributed by atoms with Gasteiger partial charge in [-0.3, -0.25) is 0 Å². The van der Waals surface area contributed by atoms with Gasteiger partial charge in [0.2, 0.25) is 0 Å². The molecule has 0 radical (unpaired) electrons. The molecule has 0 aromatic heterocycles. The van der Waals surface area contributed by atoms with Crippen LogP contribution in [0.2, 0.25) is 0 Å². The van der Waals surface area contributed by atoms with Gasteiger partial charge in [-0.1, -0.05) is 41.9 Å². The average Bonchev–Trinajstić information content (AvgIpc) is 2.04. The average molecular weight is 229 g/mol. The van der Waals surface area contributed by atoms with Crippen molar-refractivity contribution in [1.29, 1.82) is 0 Å². The monoisotopic (exact) mass is 228 g/mol. The number of aliphatic hydroxyl groups excluding tert-OH is 1. The standard InChI is InChI=1S/C10H13BrO/c1-7(2)8-3-4-9(6-12)10(11)5-8/h3-5,7,12H,6H2,1-2H3. The van der Waals surface area contributed by atoms with Gasteiger partial charge in [0.05, 0.1) is 6.61 Å². The third kappa shape index (κ3) is 2.08. The van der Waals surface area contributed by atoms with E-state index >= 15 is 0 Å². The molecule has 0 amide bonds. The second kappa shape index (κ2) is 4.06. The Morgan fingerprint density at radius 1 is 1.42 bits per heavy atom. The maximum absolute atomic E-state index is 8.92. The summed E-state index contributed by atoms with van der Waals surface area (Å²) >= 11 is 3.42. The minimum Gasteiger partial charge on any atom is -0.392 e. The van der Waals surface area contributed by atoms with Gasteiger partial charge in [0.15, 0.2) is 0 Å². The van der Waals surface area contributed by atoms with Crippen molar-refractivity contribution in [1.82, 2.24) is 0 Å².